The topological polar surface area (TPSA) is 46.2 Å². The van der Waals surface area contributed by atoms with Crippen LogP contribution in [0.5, 0.6) is 0 Å². The maximum absolute atomic E-state index is 9.17. The van der Waals surface area contributed by atoms with Gasteiger partial charge in [0.15, 0.2) is 0 Å². The number of aliphatic hydroxyl groups excluding tert-OH is 1. The van der Waals surface area contributed by atoms with Crippen LogP contribution in [-0.4, -0.2) is 17.3 Å². The number of hydrogen-bond acceptors (Lipinski definition) is 2. The van der Waals surface area contributed by atoms with Crippen LogP contribution >= 0.6 is 0 Å². The predicted octanol–water partition coefficient (Wildman–Crippen LogP) is 1.67. The molecule has 1 fully saturated rings. The fraction of sp³-hybridized carbons (Fsp3) is 1.00. The summed E-state index contributed by atoms with van der Waals surface area (Å²) >= 11 is 0. The Morgan fingerprint density at radius 2 is 2.25 bits per heavy atom. The lowest BCUT2D eigenvalue weighted by Gasteiger charge is -2.40. The first kappa shape index (κ1) is 10.0. The minimum atomic E-state index is -0.0538. The lowest BCUT2D eigenvalue weighted by atomic mass is 9.71. The largest absolute Gasteiger partial charge is 0.396 e. The van der Waals surface area contributed by atoms with Gasteiger partial charge in [-0.15, -0.1) is 0 Å². The highest BCUT2D eigenvalue weighted by Gasteiger charge is 2.35. The van der Waals surface area contributed by atoms with Crippen LogP contribution in [0.25, 0.3) is 0 Å². The first-order chi connectivity index (χ1) is 5.73. The number of hydrogen-bond donors (Lipinski definition) is 2. The maximum atomic E-state index is 9.17. The summed E-state index contributed by atoms with van der Waals surface area (Å²) in [5.74, 6) is 0.353. The van der Waals surface area contributed by atoms with Gasteiger partial charge in [-0.25, -0.2) is 0 Å². The van der Waals surface area contributed by atoms with Crippen molar-refractivity contribution in [1.82, 2.24) is 0 Å². The lowest BCUT2D eigenvalue weighted by Crippen LogP contribution is -2.50. The summed E-state index contributed by atoms with van der Waals surface area (Å²) in [5.41, 5.74) is 6.21. The second-order valence-electron chi connectivity index (χ2n) is 4.11. The Bertz CT molecular complexity index is 134. The fourth-order valence-electron chi connectivity index (χ4n) is 2.40. The molecule has 2 heteroatoms. The van der Waals surface area contributed by atoms with Crippen molar-refractivity contribution in [3.8, 4) is 0 Å². The highest BCUT2D eigenvalue weighted by atomic mass is 16.3. The molecule has 0 saturated heterocycles. The van der Waals surface area contributed by atoms with E-state index in [0.717, 1.165) is 25.7 Å². The van der Waals surface area contributed by atoms with Crippen LogP contribution in [-0.2, 0) is 0 Å². The van der Waals surface area contributed by atoms with Gasteiger partial charge in [0.05, 0.1) is 0 Å². The zero-order valence-electron chi connectivity index (χ0n) is 8.05. The van der Waals surface area contributed by atoms with Gasteiger partial charge >= 0.3 is 0 Å². The molecule has 0 heterocycles. The minimum absolute atomic E-state index is 0.0538. The zero-order valence-corrected chi connectivity index (χ0v) is 8.05. The van der Waals surface area contributed by atoms with E-state index in [0.29, 0.717) is 5.92 Å². The Hall–Kier alpha value is -0.0800. The number of nitrogens with two attached hydrogens (primary N) is 1. The molecule has 3 N–H and O–H groups in total. The third-order valence-corrected chi connectivity index (χ3v) is 3.19. The molecule has 0 spiro atoms. The van der Waals surface area contributed by atoms with Gasteiger partial charge in [-0.2, -0.15) is 0 Å². The molecule has 2 nitrogen and oxygen atoms in total. The second kappa shape index (κ2) is 4.24. The highest BCUT2D eigenvalue weighted by molar-refractivity contribution is 4.93. The minimum Gasteiger partial charge on any atom is -0.396 e. The first-order valence-corrected chi connectivity index (χ1v) is 5.12. The molecule has 0 aromatic rings. The number of aliphatic hydroxyl groups is 1. The zero-order chi connectivity index (χ0) is 9.03. The van der Waals surface area contributed by atoms with Crippen LogP contribution in [0.15, 0.2) is 0 Å². The van der Waals surface area contributed by atoms with E-state index in [2.05, 4.69) is 6.92 Å². The fourth-order valence-corrected chi connectivity index (χ4v) is 2.40. The molecule has 0 aromatic carbocycles. The summed E-state index contributed by atoms with van der Waals surface area (Å²) in [6, 6.07) is 0. The second-order valence-corrected chi connectivity index (χ2v) is 4.11. The Morgan fingerprint density at radius 1 is 1.50 bits per heavy atom. The van der Waals surface area contributed by atoms with E-state index >= 15 is 0 Å². The van der Waals surface area contributed by atoms with Gasteiger partial charge in [-0.3, -0.25) is 0 Å². The lowest BCUT2D eigenvalue weighted by molar-refractivity contribution is 0.102. The molecule has 0 amide bonds. The summed E-state index contributed by atoms with van der Waals surface area (Å²) in [5, 5.41) is 9.17. The van der Waals surface area contributed by atoms with Crippen molar-refractivity contribution in [2.75, 3.05) is 6.61 Å². The van der Waals surface area contributed by atoms with Crippen molar-refractivity contribution in [3.63, 3.8) is 0 Å². The smallest absolute Gasteiger partial charge is 0.0476 e. The van der Waals surface area contributed by atoms with Gasteiger partial charge in [-0.1, -0.05) is 26.2 Å². The summed E-state index contributed by atoms with van der Waals surface area (Å²) in [4.78, 5) is 0. The van der Waals surface area contributed by atoms with E-state index < -0.39 is 0 Å². The normalized spacial score (nSPS) is 36.8. The number of rotatable bonds is 3. The summed E-state index contributed by atoms with van der Waals surface area (Å²) < 4.78 is 0. The van der Waals surface area contributed by atoms with E-state index in [1.54, 1.807) is 0 Å². The average molecular weight is 171 g/mol. The van der Waals surface area contributed by atoms with Crippen LogP contribution in [0.2, 0.25) is 0 Å². The van der Waals surface area contributed by atoms with Crippen molar-refractivity contribution in [1.29, 1.82) is 0 Å². The molecule has 1 saturated carbocycles. The van der Waals surface area contributed by atoms with Crippen LogP contribution in [0.1, 0.15) is 45.4 Å². The van der Waals surface area contributed by atoms with Gasteiger partial charge in [0, 0.05) is 12.1 Å². The third-order valence-electron chi connectivity index (χ3n) is 3.19. The van der Waals surface area contributed by atoms with Crippen LogP contribution in [0, 0.1) is 5.92 Å². The molecule has 0 bridgehead atoms. The van der Waals surface area contributed by atoms with E-state index in [4.69, 9.17) is 5.73 Å². The summed E-state index contributed by atoms with van der Waals surface area (Å²) in [6.07, 6.45) is 6.91. The Balaban J connectivity index is 2.55. The monoisotopic (exact) mass is 171 g/mol. The molecule has 0 unspecified atom stereocenters. The average Bonchev–Trinajstić information content (AvgIpc) is 2.05. The molecule has 1 aliphatic rings. The quantitative estimate of drug-likeness (QED) is 0.678. The molecule has 0 radical (unpaired) electrons. The third kappa shape index (κ3) is 1.99. The summed E-state index contributed by atoms with van der Waals surface area (Å²) in [7, 11) is 0. The standard InChI is InChI=1S/C10H21NO/c1-2-6-10(11)7-4-3-5-9(10)8-12/h9,12H,2-8,11H2,1H3/t9-,10-/m0/s1. The van der Waals surface area contributed by atoms with Crippen molar-refractivity contribution >= 4 is 0 Å². The first-order valence-electron chi connectivity index (χ1n) is 5.12. The summed E-state index contributed by atoms with van der Waals surface area (Å²) in [6.45, 7) is 2.44. The highest BCUT2D eigenvalue weighted by Crippen LogP contribution is 2.34. The Morgan fingerprint density at radius 3 is 2.83 bits per heavy atom. The molecule has 1 rings (SSSR count). The Kier molecular flexibility index (Phi) is 3.53. The van der Waals surface area contributed by atoms with Gasteiger partial charge in [-0.05, 0) is 25.2 Å². The molecular formula is C10H21NO. The van der Waals surface area contributed by atoms with Crippen molar-refractivity contribution in [3.05, 3.63) is 0 Å². The van der Waals surface area contributed by atoms with E-state index in [9.17, 15) is 5.11 Å². The van der Waals surface area contributed by atoms with Crippen LogP contribution in [0.4, 0.5) is 0 Å². The SMILES string of the molecule is CCC[C@]1(N)CCCC[C@H]1CO. The van der Waals surface area contributed by atoms with E-state index in [1.165, 1.54) is 12.8 Å². The van der Waals surface area contributed by atoms with Crippen LogP contribution < -0.4 is 5.73 Å². The predicted molar refractivity (Wildman–Crippen MR) is 50.9 cm³/mol. The van der Waals surface area contributed by atoms with Crippen LogP contribution in [0.3, 0.4) is 0 Å². The molecule has 72 valence electrons. The molecule has 1 aliphatic carbocycles. The van der Waals surface area contributed by atoms with Crippen molar-refractivity contribution in [2.45, 2.75) is 51.0 Å². The van der Waals surface area contributed by atoms with Crippen molar-refractivity contribution in [2.24, 2.45) is 11.7 Å². The molecule has 0 aromatic heterocycles. The molecule has 12 heavy (non-hydrogen) atoms. The van der Waals surface area contributed by atoms with Gasteiger partial charge in [0.25, 0.3) is 0 Å². The molecule has 2 atom stereocenters. The van der Waals surface area contributed by atoms with Crippen molar-refractivity contribution < 1.29 is 5.11 Å². The van der Waals surface area contributed by atoms with Gasteiger partial charge < -0.3 is 10.8 Å². The molecular weight excluding hydrogens is 150 g/mol. The van der Waals surface area contributed by atoms with Gasteiger partial charge in [0.1, 0.15) is 0 Å². The molecule has 0 aliphatic heterocycles. The van der Waals surface area contributed by atoms with E-state index in [-0.39, 0.29) is 12.1 Å². The Labute approximate surface area is 75.2 Å². The van der Waals surface area contributed by atoms with E-state index in [1.807, 2.05) is 0 Å². The van der Waals surface area contributed by atoms with Gasteiger partial charge in [0.2, 0.25) is 0 Å². The maximum Gasteiger partial charge on any atom is 0.0476 e.